The van der Waals surface area contributed by atoms with Gasteiger partial charge >= 0.3 is 0 Å². The van der Waals surface area contributed by atoms with E-state index < -0.39 is 0 Å². The van der Waals surface area contributed by atoms with Crippen molar-refractivity contribution in [2.75, 3.05) is 18.5 Å². The van der Waals surface area contributed by atoms with Gasteiger partial charge in [-0.1, -0.05) is 18.2 Å². The standard InChI is InChI=1S/C17H24N2O2/c20-17(9-8-15-6-3-4-10-21-15)19-14-11-13-5-1-2-7-16(13)18-12-14/h1-2,5,7,14-15,18H,3-4,6,8-12H2,(H,19,20). The summed E-state index contributed by atoms with van der Waals surface area (Å²) in [7, 11) is 0. The lowest BCUT2D eigenvalue weighted by molar-refractivity contribution is -0.122. The third-order valence-corrected chi connectivity index (χ3v) is 4.36. The summed E-state index contributed by atoms with van der Waals surface area (Å²) in [5.74, 6) is 0.148. The Morgan fingerprint density at radius 3 is 3.10 bits per heavy atom. The fourth-order valence-electron chi connectivity index (χ4n) is 3.17. The van der Waals surface area contributed by atoms with Crippen LogP contribution in [0.5, 0.6) is 0 Å². The molecule has 2 heterocycles. The van der Waals surface area contributed by atoms with Crippen LogP contribution in [0.15, 0.2) is 24.3 Å². The number of fused-ring (bicyclic) bond motifs is 1. The Morgan fingerprint density at radius 1 is 1.33 bits per heavy atom. The molecular weight excluding hydrogens is 264 g/mol. The first kappa shape index (κ1) is 14.4. The van der Waals surface area contributed by atoms with E-state index in [0.717, 1.165) is 38.8 Å². The average Bonchev–Trinajstić information content (AvgIpc) is 2.54. The van der Waals surface area contributed by atoms with E-state index >= 15 is 0 Å². The van der Waals surface area contributed by atoms with Crippen LogP contribution >= 0.6 is 0 Å². The van der Waals surface area contributed by atoms with E-state index in [1.165, 1.54) is 17.7 Å². The van der Waals surface area contributed by atoms with Crippen molar-refractivity contribution in [3.05, 3.63) is 29.8 Å². The minimum atomic E-state index is 0.148. The Hall–Kier alpha value is -1.55. The molecule has 114 valence electrons. The monoisotopic (exact) mass is 288 g/mol. The molecule has 21 heavy (non-hydrogen) atoms. The molecule has 2 aliphatic heterocycles. The second kappa shape index (κ2) is 6.94. The van der Waals surface area contributed by atoms with E-state index in [2.05, 4.69) is 22.8 Å². The molecule has 4 heteroatoms. The molecule has 3 rings (SSSR count). The highest BCUT2D eigenvalue weighted by atomic mass is 16.5. The summed E-state index contributed by atoms with van der Waals surface area (Å²) in [4.78, 5) is 12.1. The largest absolute Gasteiger partial charge is 0.383 e. The van der Waals surface area contributed by atoms with Gasteiger partial charge < -0.3 is 15.4 Å². The van der Waals surface area contributed by atoms with Crippen LogP contribution in [0.25, 0.3) is 0 Å². The van der Waals surface area contributed by atoms with Crippen LogP contribution in [-0.4, -0.2) is 31.2 Å². The van der Waals surface area contributed by atoms with E-state index in [1.807, 2.05) is 12.1 Å². The first-order chi connectivity index (χ1) is 10.3. The van der Waals surface area contributed by atoms with E-state index in [9.17, 15) is 4.79 Å². The SMILES string of the molecule is O=C(CCC1CCCCO1)NC1CNc2ccccc2C1. The van der Waals surface area contributed by atoms with Crippen LogP contribution in [-0.2, 0) is 16.0 Å². The molecule has 0 aromatic heterocycles. The molecule has 1 aromatic carbocycles. The van der Waals surface area contributed by atoms with Crippen molar-refractivity contribution in [2.45, 2.75) is 50.7 Å². The first-order valence-corrected chi connectivity index (χ1v) is 8.04. The zero-order valence-corrected chi connectivity index (χ0v) is 12.4. The predicted octanol–water partition coefficient (Wildman–Crippen LogP) is 2.49. The van der Waals surface area contributed by atoms with Gasteiger partial charge in [-0.3, -0.25) is 4.79 Å². The fraction of sp³-hybridized carbons (Fsp3) is 0.588. The second-order valence-electron chi connectivity index (χ2n) is 6.03. The Morgan fingerprint density at radius 2 is 2.24 bits per heavy atom. The topological polar surface area (TPSA) is 50.4 Å². The summed E-state index contributed by atoms with van der Waals surface area (Å²) in [6.45, 7) is 1.66. The number of para-hydroxylation sites is 1. The van der Waals surface area contributed by atoms with Crippen molar-refractivity contribution in [3.63, 3.8) is 0 Å². The number of hydrogen-bond acceptors (Lipinski definition) is 3. The second-order valence-corrected chi connectivity index (χ2v) is 6.03. The van der Waals surface area contributed by atoms with Gasteiger partial charge in [0, 0.05) is 25.3 Å². The van der Waals surface area contributed by atoms with Crippen molar-refractivity contribution in [1.82, 2.24) is 5.32 Å². The lowest BCUT2D eigenvalue weighted by Crippen LogP contribution is -2.43. The number of benzene rings is 1. The minimum Gasteiger partial charge on any atom is -0.383 e. The summed E-state index contributed by atoms with van der Waals surface area (Å²) in [6.07, 6.45) is 6.12. The number of carbonyl (C=O) groups is 1. The summed E-state index contributed by atoms with van der Waals surface area (Å²) in [6, 6.07) is 8.49. The maximum Gasteiger partial charge on any atom is 0.220 e. The fourth-order valence-corrected chi connectivity index (χ4v) is 3.17. The molecule has 1 saturated heterocycles. The lowest BCUT2D eigenvalue weighted by atomic mass is 9.99. The van der Waals surface area contributed by atoms with Gasteiger partial charge in [0.15, 0.2) is 0 Å². The summed E-state index contributed by atoms with van der Waals surface area (Å²) >= 11 is 0. The number of hydrogen-bond donors (Lipinski definition) is 2. The maximum atomic E-state index is 12.1. The van der Waals surface area contributed by atoms with Crippen LogP contribution in [0.2, 0.25) is 0 Å². The summed E-state index contributed by atoms with van der Waals surface area (Å²) in [5.41, 5.74) is 2.48. The van der Waals surface area contributed by atoms with Gasteiger partial charge in [-0.05, 0) is 43.7 Å². The van der Waals surface area contributed by atoms with Crippen molar-refractivity contribution >= 4 is 11.6 Å². The molecule has 0 spiro atoms. The first-order valence-electron chi connectivity index (χ1n) is 8.04. The van der Waals surface area contributed by atoms with Crippen LogP contribution in [0, 0.1) is 0 Å². The van der Waals surface area contributed by atoms with Crippen LogP contribution in [0.3, 0.4) is 0 Å². The third kappa shape index (κ3) is 3.97. The minimum absolute atomic E-state index is 0.148. The van der Waals surface area contributed by atoms with Gasteiger partial charge in [-0.25, -0.2) is 0 Å². The summed E-state index contributed by atoms with van der Waals surface area (Å²) < 4.78 is 5.67. The Kier molecular flexibility index (Phi) is 4.76. The van der Waals surface area contributed by atoms with E-state index in [-0.39, 0.29) is 18.1 Å². The van der Waals surface area contributed by atoms with Gasteiger partial charge in [-0.2, -0.15) is 0 Å². The quantitative estimate of drug-likeness (QED) is 0.895. The van der Waals surface area contributed by atoms with E-state index in [1.54, 1.807) is 0 Å². The van der Waals surface area contributed by atoms with Crippen LogP contribution in [0.4, 0.5) is 5.69 Å². The van der Waals surface area contributed by atoms with E-state index in [0.29, 0.717) is 6.42 Å². The highest BCUT2D eigenvalue weighted by molar-refractivity contribution is 5.76. The van der Waals surface area contributed by atoms with E-state index in [4.69, 9.17) is 4.74 Å². The van der Waals surface area contributed by atoms with Gasteiger partial charge in [0.1, 0.15) is 0 Å². The van der Waals surface area contributed by atoms with Crippen molar-refractivity contribution < 1.29 is 9.53 Å². The Labute approximate surface area is 126 Å². The number of nitrogens with one attached hydrogen (secondary N) is 2. The number of carbonyl (C=O) groups excluding carboxylic acids is 1. The number of amides is 1. The smallest absolute Gasteiger partial charge is 0.220 e. The third-order valence-electron chi connectivity index (χ3n) is 4.36. The number of rotatable bonds is 4. The molecular formula is C17H24N2O2. The highest BCUT2D eigenvalue weighted by Crippen LogP contribution is 2.21. The van der Waals surface area contributed by atoms with Gasteiger partial charge in [0.05, 0.1) is 12.1 Å². The zero-order chi connectivity index (χ0) is 14.5. The summed E-state index contributed by atoms with van der Waals surface area (Å²) in [5, 5.41) is 6.53. The van der Waals surface area contributed by atoms with Gasteiger partial charge in [0.25, 0.3) is 0 Å². The highest BCUT2D eigenvalue weighted by Gasteiger charge is 2.20. The molecule has 0 aliphatic carbocycles. The molecule has 2 unspecified atom stereocenters. The number of ether oxygens (including phenoxy) is 1. The van der Waals surface area contributed by atoms with Crippen molar-refractivity contribution in [1.29, 1.82) is 0 Å². The molecule has 2 aliphatic rings. The average molecular weight is 288 g/mol. The van der Waals surface area contributed by atoms with Crippen molar-refractivity contribution in [2.24, 2.45) is 0 Å². The predicted molar refractivity (Wildman–Crippen MR) is 83.4 cm³/mol. The van der Waals surface area contributed by atoms with Gasteiger partial charge in [-0.15, -0.1) is 0 Å². The Balaban J connectivity index is 1.43. The van der Waals surface area contributed by atoms with Crippen molar-refractivity contribution in [3.8, 4) is 0 Å². The normalized spacial score (nSPS) is 24.8. The van der Waals surface area contributed by atoms with Gasteiger partial charge in [0.2, 0.25) is 5.91 Å². The van der Waals surface area contributed by atoms with Crippen LogP contribution in [0.1, 0.15) is 37.7 Å². The molecule has 0 saturated carbocycles. The zero-order valence-electron chi connectivity index (χ0n) is 12.4. The number of anilines is 1. The molecule has 1 fully saturated rings. The molecule has 1 aromatic rings. The molecule has 2 atom stereocenters. The lowest BCUT2D eigenvalue weighted by Gasteiger charge is -2.27. The molecule has 0 bridgehead atoms. The van der Waals surface area contributed by atoms with Crippen LogP contribution < -0.4 is 10.6 Å². The Bertz CT molecular complexity index is 483. The maximum absolute atomic E-state index is 12.1. The molecule has 4 nitrogen and oxygen atoms in total. The molecule has 0 radical (unpaired) electrons. The molecule has 1 amide bonds. The molecule has 2 N–H and O–H groups in total.